The molecule has 1 N–H and O–H groups in total. The molecule has 0 spiro atoms. The number of para-hydroxylation sites is 1. The van der Waals surface area contributed by atoms with Crippen molar-refractivity contribution < 1.29 is 5.11 Å². The van der Waals surface area contributed by atoms with Crippen molar-refractivity contribution >= 4 is 11.8 Å². The van der Waals surface area contributed by atoms with E-state index in [0.717, 1.165) is 16.7 Å². The van der Waals surface area contributed by atoms with E-state index in [2.05, 4.69) is 32.0 Å². The lowest BCUT2D eigenvalue weighted by Crippen LogP contribution is -2.00. The van der Waals surface area contributed by atoms with Gasteiger partial charge in [0.1, 0.15) is 5.75 Å². The van der Waals surface area contributed by atoms with Gasteiger partial charge in [0.2, 0.25) is 0 Å². The molecule has 2 aliphatic carbocycles. The number of phenols is 1. The molecule has 0 radical (unpaired) electrons. The van der Waals surface area contributed by atoms with Gasteiger partial charge < -0.3 is 5.11 Å². The average Bonchev–Trinajstić information content (AvgIpc) is 3.21. The summed E-state index contributed by atoms with van der Waals surface area (Å²) in [6, 6.07) is 6.32. The summed E-state index contributed by atoms with van der Waals surface area (Å²) in [5.41, 5.74) is 2.30. The van der Waals surface area contributed by atoms with E-state index < -0.39 is 0 Å². The standard InChI is InChI=1S/C16H22OS/c1-10(12-6-7-12)14-4-3-5-15(16(14)17)11(2)18-13-8-9-13/h3-5,10-13,17H,6-9H2,1-2H3. The molecule has 1 aromatic rings. The second-order valence-corrected chi connectivity index (χ2v) is 7.53. The smallest absolute Gasteiger partial charge is 0.123 e. The maximum absolute atomic E-state index is 10.5. The van der Waals surface area contributed by atoms with Gasteiger partial charge in [0, 0.05) is 16.1 Å². The van der Waals surface area contributed by atoms with Crippen molar-refractivity contribution in [2.75, 3.05) is 0 Å². The lowest BCUT2D eigenvalue weighted by atomic mass is 9.93. The number of hydrogen-bond acceptors (Lipinski definition) is 2. The minimum absolute atomic E-state index is 0.420. The van der Waals surface area contributed by atoms with Gasteiger partial charge in [0.05, 0.1) is 0 Å². The molecule has 2 fully saturated rings. The van der Waals surface area contributed by atoms with E-state index in [1.807, 2.05) is 11.8 Å². The van der Waals surface area contributed by atoms with E-state index in [1.54, 1.807) is 0 Å². The van der Waals surface area contributed by atoms with Crippen molar-refractivity contribution in [2.24, 2.45) is 5.92 Å². The van der Waals surface area contributed by atoms with Crippen LogP contribution in [-0.2, 0) is 0 Å². The van der Waals surface area contributed by atoms with E-state index in [9.17, 15) is 5.11 Å². The van der Waals surface area contributed by atoms with Gasteiger partial charge in [-0.2, -0.15) is 11.8 Å². The molecular formula is C16H22OS. The van der Waals surface area contributed by atoms with Crippen LogP contribution in [0, 0.1) is 5.92 Å². The van der Waals surface area contributed by atoms with E-state index >= 15 is 0 Å². The lowest BCUT2D eigenvalue weighted by molar-refractivity contribution is 0.452. The van der Waals surface area contributed by atoms with Gasteiger partial charge >= 0.3 is 0 Å². The van der Waals surface area contributed by atoms with Crippen LogP contribution in [-0.4, -0.2) is 10.4 Å². The number of rotatable bonds is 5. The first-order valence-electron chi connectivity index (χ1n) is 7.14. The molecule has 1 nitrogen and oxygen atoms in total. The normalized spacial score (nSPS) is 22.8. The number of phenolic OH excluding ortho intramolecular Hbond substituents is 1. The van der Waals surface area contributed by atoms with Gasteiger partial charge in [-0.15, -0.1) is 0 Å². The molecule has 3 rings (SSSR count). The predicted molar refractivity (Wildman–Crippen MR) is 78.3 cm³/mol. The predicted octanol–water partition coefficient (Wildman–Crippen LogP) is 4.86. The van der Waals surface area contributed by atoms with Gasteiger partial charge in [0.15, 0.2) is 0 Å². The highest BCUT2D eigenvalue weighted by Crippen LogP contribution is 2.49. The number of aromatic hydroxyl groups is 1. The molecule has 0 amide bonds. The topological polar surface area (TPSA) is 20.2 Å². The van der Waals surface area contributed by atoms with E-state index in [4.69, 9.17) is 0 Å². The molecule has 2 saturated carbocycles. The summed E-state index contributed by atoms with van der Waals surface area (Å²) in [5, 5.41) is 11.8. The summed E-state index contributed by atoms with van der Waals surface area (Å²) in [6.45, 7) is 4.48. The molecule has 0 saturated heterocycles. The Hall–Kier alpha value is -0.630. The van der Waals surface area contributed by atoms with Crippen LogP contribution in [0.5, 0.6) is 5.75 Å². The number of benzene rings is 1. The summed E-state index contributed by atoms with van der Waals surface area (Å²) in [7, 11) is 0. The third kappa shape index (κ3) is 2.54. The Morgan fingerprint density at radius 2 is 1.78 bits per heavy atom. The van der Waals surface area contributed by atoms with Gasteiger partial charge in [0.25, 0.3) is 0 Å². The van der Waals surface area contributed by atoms with Crippen LogP contribution in [0.2, 0.25) is 0 Å². The zero-order valence-corrected chi connectivity index (χ0v) is 12.0. The summed E-state index contributed by atoms with van der Waals surface area (Å²) in [4.78, 5) is 0. The van der Waals surface area contributed by atoms with Crippen molar-refractivity contribution in [3.63, 3.8) is 0 Å². The Morgan fingerprint density at radius 3 is 2.39 bits per heavy atom. The fraction of sp³-hybridized carbons (Fsp3) is 0.625. The van der Waals surface area contributed by atoms with Crippen LogP contribution in [0.1, 0.15) is 61.8 Å². The summed E-state index contributed by atoms with van der Waals surface area (Å²) in [6.07, 6.45) is 5.37. The third-order valence-electron chi connectivity index (χ3n) is 4.28. The summed E-state index contributed by atoms with van der Waals surface area (Å²) < 4.78 is 0. The van der Waals surface area contributed by atoms with Gasteiger partial charge in [-0.3, -0.25) is 0 Å². The van der Waals surface area contributed by atoms with Crippen molar-refractivity contribution in [3.05, 3.63) is 29.3 Å². The molecule has 0 heterocycles. The Bertz CT molecular complexity index is 435. The Morgan fingerprint density at radius 1 is 1.11 bits per heavy atom. The molecule has 18 heavy (non-hydrogen) atoms. The average molecular weight is 262 g/mol. The zero-order chi connectivity index (χ0) is 12.7. The maximum atomic E-state index is 10.5. The lowest BCUT2D eigenvalue weighted by Gasteiger charge is -2.18. The minimum Gasteiger partial charge on any atom is -0.507 e. The first kappa shape index (κ1) is 12.4. The largest absolute Gasteiger partial charge is 0.507 e. The third-order valence-corrected chi connectivity index (χ3v) is 5.80. The monoisotopic (exact) mass is 262 g/mol. The van der Waals surface area contributed by atoms with Crippen LogP contribution >= 0.6 is 11.8 Å². The van der Waals surface area contributed by atoms with Crippen molar-refractivity contribution in [3.8, 4) is 5.75 Å². The second kappa shape index (κ2) is 4.80. The molecule has 2 unspecified atom stereocenters. The molecule has 0 aliphatic heterocycles. The molecule has 1 aromatic carbocycles. The van der Waals surface area contributed by atoms with E-state index in [1.165, 1.54) is 31.2 Å². The first-order valence-corrected chi connectivity index (χ1v) is 8.08. The molecule has 2 aliphatic rings. The molecule has 0 aromatic heterocycles. The molecule has 98 valence electrons. The number of hydrogen-bond donors (Lipinski definition) is 1. The number of thioether (sulfide) groups is 1. The molecule has 0 bridgehead atoms. The molecular weight excluding hydrogens is 240 g/mol. The van der Waals surface area contributed by atoms with Crippen molar-refractivity contribution in [1.82, 2.24) is 0 Å². The van der Waals surface area contributed by atoms with Gasteiger partial charge in [-0.05, 0) is 50.0 Å². The zero-order valence-electron chi connectivity index (χ0n) is 11.2. The Kier molecular flexibility index (Phi) is 3.31. The van der Waals surface area contributed by atoms with Crippen LogP contribution in [0.4, 0.5) is 0 Å². The Labute approximate surface area is 114 Å². The fourth-order valence-corrected chi connectivity index (χ4v) is 4.01. The maximum Gasteiger partial charge on any atom is 0.123 e. The van der Waals surface area contributed by atoms with Crippen molar-refractivity contribution in [1.29, 1.82) is 0 Å². The van der Waals surface area contributed by atoms with Crippen LogP contribution < -0.4 is 0 Å². The highest BCUT2D eigenvalue weighted by Gasteiger charge is 2.32. The summed E-state index contributed by atoms with van der Waals surface area (Å²) in [5.74, 6) is 1.89. The quantitative estimate of drug-likeness (QED) is 0.817. The highest BCUT2D eigenvalue weighted by atomic mass is 32.2. The van der Waals surface area contributed by atoms with E-state index in [-0.39, 0.29) is 0 Å². The molecule has 2 atom stereocenters. The van der Waals surface area contributed by atoms with E-state index in [0.29, 0.717) is 16.9 Å². The van der Waals surface area contributed by atoms with Crippen molar-refractivity contribution in [2.45, 2.75) is 55.9 Å². The summed E-state index contributed by atoms with van der Waals surface area (Å²) >= 11 is 2.02. The highest BCUT2D eigenvalue weighted by molar-refractivity contribution is 8.00. The molecule has 2 heteroatoms. The van der Waals surface area contributed by atoms with Gasteiger partial charge in [-0.25, -0.2) is 0 Å². The minimum atomic E-state index is 0.420. The second-order valence-electron chi connectivity index (χ2n) is 5.89. The fourth-order valence-electron chi connectivity index (χ4n) is 2.69. The van der Waals surface area contributed by atoms with Crippen LogP contribution in [0.25, 0.3) is 0 Å². The van der Waals surface area contributed by atoms with Crippen LogP contribution in [0.15, 0.2) is 18.2 Å². The van der Waals surface area contributed by atoms with Crippen LogP contribution in [0.3, 0.4) is 0 Å². The van der Waals surface area contributed by atoms with Gasteiger partial charge in [-0.1, -0.05) is 25.1 Å². The Balaban J connectivity index is 1.82. The SMILES string of the molecule is CC(SC1CC1)c1cccc(C(C)C2CC2)c1O. The first-order chi connectivity index (χ1) is 8.66.